The Morgan fingerprint density at radius 1 is 1.17 bits per heavy atom. The molecule has 3 aliphatic rings. The van der Waals surface area contributed by atoms with Crippen LogP contribution in [-0.4, -0.2) is 53.0 Å². The molecule has 2 atom stereocenters. The first kappa shape index (κ1) is 15.4. The first-order chi connectivity index (χ1) is 11.2. The molecule has 0 unspecified atom stereocenters. The molecule has 5 nitrogen and oxygen atoms in total. The van der Waals surface area contributed by atoms with Crippen LogP contribution < -0.4 is 5.32 Å². The molecular weight excluding hydrogens is 308 g/mol. The van der Waals surface area contributed by atoms with Gasteiger partial charge in [0.15, 0.2) is 5.13 Å². The van der Waals surface area contributed by atoms with Crippen LogP contribution in [-0.2, 0) is 12.8 Å². The van der Waals surface area contributed by atoms with Crippen LogP contribution in [0.25, 0.3) is 0 Å². The van der Waals surface area contributed by atoms with Crippen molar-refractivity contribution >= 4 is 22.5 Å². The number of nitrogens with zero attached hydrogens (tertiary/aromatic N) is 3. The third kappa shape index (κ3) is 3.11. The van der Waals surface area contributed by atoms with Crippen LogP contribution in [0.4, 0.5) is 9.93 Å². The first-order valence-corrected chi connectivity index (χ1v) is 9.79. The third-order valence-corrected chi connectivity index (χ3v) is 6.82. The molecule has 1 aliphatic carbocycles. The number of thiazole rings is 1. The van der Waals surface area contributed by atoms with Crippen molar-refractivity contribution in [3.8, 4) is 0 Å². The summed E-state index contributed by atoms with van der Waals surface area (Å²) in [6.07, 6.45) is 9.58. The summed E-state index contributed by atoms with van der Waals surface area (Å²) in [4.78, 5) is 23.2. The first-order valence-electron chi connectivity index (χ1n) is 8.97. The lowest BCUT2D eigenvalue weighted by Crippen LogP contribution is -2.41. The van der Waals surface area contributed by atoms with Crippen LogP contribution >= 0.6 is 11.3 Å². The number of anilines is 1. The third-order valence-electron chi connectivity index (χ3n) is 5.75. The van der Waals surface area contributed by atoms with E-state index in [-0.39, 0.29) is 6.03 Å². The maximum absolute atomic E-state index is 12.6. The zero-order valence-corrected chi connectivity index (χ0v) is 14.7. The predicted molar refractivity (Wildman–Crippen MR) is 93.2 cm³/mol. The number of carbonyl (C=O) groups excluding carboxylic acids is 1. The summed E-state index contributed by atoms with van der Waals surface area (Å²) in [5, 5.41) is 3.86. The van der Waals surface area contributed by atoms with Gasteiger partial charge in [-0.1, -0.05) is 6.42 Å². The summed E-state index contributed by atoms with van der Waals surface area (Å²) in [6.45, 7) is 1.71. The van der Waals surface area contributed by atoms with Gasteiger partial charge in [-0.2, -0.15) is 0 Å². The van der Waals surface area contributed by atoms with Crippen molar-refractivity contribution in [3.63, 3.8) is 0 Å². The highest BCUT2D eigenvalue weighted by molar-refractivity contribution is 7.15. The van der Waals surface area contributed by atoms with Crippen LogP contribution in [0.5, 0.6) is 0 Å². The Labute approximate surface area is 142 Å². The molecule has 2 saturated heterocycles. The van der Waals surface area contributed by atoms with E-state index in [9.17, 15) is 4.79 Å². The minimum Gasteiger partial charge on any atom is -0.323 e. The molecule has 2 bridgehead atoms. The van der Waals surface area contributed by atoms with E-state index in [0.29, 0.717) is 12.1 Å². The molecular formula is C17H26N4OS. The van der Waals surface area contributed by atoms with Crippen LogP contribution in [0.15, 0.2) is 0 Å². The van der Waals surface area contributed by atoms with Gasteiger partial charge in [0.2, 0.25) is 0 Å². The number of rotatable bonds is 1. The van der Waals surface area contributed by atoms with Crippen molar-refractivity contribution in [1.29, 1.82) is 0 Å². The Bertz CT molecular complexity index is 564. The van der Waals surface area contributed by atoms with Crippen molar-refractivity contribution in [2.75, 3.05) is 25.5 Å². The van der Waals surface area contributed by atoms with E-state index in [0.717, 1.165) is 37.5 Å². The number of likely N-dealkylation sites (N-methyl/N-ethyl adjacent to an activating group) is 1. The molecule has 4 rings (SSSR count). The molecule has 2 fully saturated rings. The average molecular weight is 334 g/mol. The minimum atomic E-state index is 0.0369. The molecule has 6 heteroatoms. The van der Waals surface area contributed by atoms with Gasteiger partial charge in [0, 0.05) is 30.1 Å². The molecule has 0 spiro atoms. The fourth-order valence-corrected chi connectivity index (χ4v) is 5.29. The standard InChI is InChI=1S/C17H26N4OS/c1-20-12-7-8-13(20)11-21(10-9-12)17(22)19-16-18-14-5-3-2-4-6-15(14)23-16/h12-13H,2-11H2,1H3,(H,18,19,22)/t12-,13-/m0/s1. The van der Waals surface area contributed by atoms with Gasteiger partial charge < -0.3 is 4.90 Å². The molecule has 3 heterocycles. The number of hydrogen-bond acceptors (Lipinski definition) is 4. The molecule has 1 aromatic rings. The van der Waals surface area contributed by atoms with E-state index in [1.165, 1.54) is 42.7 Å². The zero-order valence-electron chi connectivity index (χ0n) is 13.9. The second-order valence-electron chi connectivity index (χ2n) is 7.16. The van der Waals surface area contributed by atoms with E-state index in [4.69, 9.17) is 0 Å². The monoisotopic (exact) mass is 334 g/mol. The molecule has 2 amide bonds. The molecule has 2 aliphatic heterocycles. The Hall–Kier alpha value is -1.14. The van der Waals surface area contributed by atoms with Gasteiger partial charge in [-0.05, 0) is 52.0 Å². The molecule has 1 aromatic heterocycles. The number of hydrogen-bond donors (Lipinski definition) is 1. The van der Waals surface area contributed by atoms with Crippen molar-refractivity contribution in [1.82, 2.24) is 14.8 Å². The van der Waals surface area contributed by atoms with Crippen molar-refractivity contribution < 1.29 is 4.79 Å². The second-order valence-corrected chi connectivity index (χ2v) is 8.25. The van der Waals surface area contributed by atoms with Crippen molar-refractivity contribution in [3.05, 3.63) is 10.6 Å². The number of nitrogens with one attached hydrogen (secondary N) is 1. The smallest absolute Gasteiger partial charge is 0.323 e. The zero-order chi connectivity index (χ0) is 15.8. The summed E-state index contributed by atoms with van der Waals surface area (Å²) in [5.74, 6) is 0. The Morgan fingerprint density at radius 2 is 2.00 bits per heavy atom. The highest BCUT2D eigenvalue weighted by atomic mass is 32.1. The minimum absolute atomic E-state index is 0.0369. The topological polar surface area (TPSA) is 48.5 Å². The second kappa shape index (κ2) is 6.40. The van der Waals surface area contributed by atoms with Gasteiger partial charge >= 0.3 is 6.03 Å². The number of aromatic nitrogens is 1. The summed E-state index contributed by atoms with van der Waals surface area (Å²) in [7, 11) is 2.21. The average Bonchev–Trinajstić information content (AvgIpc) is 2.90. The fraction of sp³-hybridized carbons (Fsp3) is 0.765. The number of fused-ring (bicyclic) bond motifs is 3. The number of carbonyl (C=O) groups is 1. The van der Waals surface area contributed by atoms with E-state index >= 15 is 0 Å². The summed E-state index contributed by atoms with van der Waals surface area (Å²) >= 11 is 1.68. The highest BCUT2D eigenvalue weighted by Crippen LogP contribution is 2.31. The van der Waals surface area contributed by atoms with Crippen LogP contribution in [0.1, 0.15) is 49.1 Å². The molecule has 0 radical (unpaired) electrons. The molecule has 1 N–H and O–H groups in total. The van der Waals surface area contributed by atoms with Gasteiger partial charge in [-0.15, -0.1) is 11.3 Å². The Balaban J connectivity index is 1.42. The van der Waals surface area contributed by atoms with Gasteiger partial charge in [0.1, 0.15) is 0 Å². The van der Waals surface area contributed by atoms with Gasteiger partial charge in [-0.3, -0.25) is 10.2 Å². The SMILES string of the molecule is CN1[C@H]2CC[C@H]1CN(C(=O)Nc1nc3c(s1)CCCCC3)CC2. The van der Waals surface area contributed by atoms with Gasteiger partial charge in [0.25, 0.3) is 0 Å². The number of likely N-dealkylation sites (tertiary alicyclic amines) is 1. The maximum Gasteiger partial charge on any atom is 0.323 e. The largest absolute Gasteiger partial charge is 0.323 e. The summed E-state index contributed by atoms with van der Waals surface area (Å²) in [6, 6.07) is 1.23. The van der Waals surface area contributed by atoms with E-state index in [1.807, 2.05) is 4.90 Å². The molecule has 126 valence electrons. The lowest BCUT2D eigenvalue weighted by Gasteiger charge is -2.25. The lowest BCUT2D eigenvalue weighted by atomic mass is 10.1. The number of urea groups is 1. The van der Waals surface area contributed by atoms with Crippen LogP contribution in [0, 0.1) is 0 Å². The quantitative estimate of drug-likeness (QED) is 0.803. The Kier molecular flexibility index (Phi) is 4.28. The normalized spacial score (nSPS) is 28.1. The predicted octanol–water partition coefficient (Wildman–Crippen LogP) is 3.11. The van der Waals surface area contributed by atoms with E-state index in [2.05, 4.69) is 22.2 Å². The van der Waals surface area contributed by atoms with Gasteiger partial charge in [0.05, 0.1) is 5.69 Å². The summed E-state index contributed by atoms with van der Waals surface area (Å²) < 4.78 is 0. The number of aryl methyl sites for hydroxylation is 2. The molecule has 23 heavy (non-hydrogen) atoms. The van der Waals surface area contributed by atoms with Crippen LogP contribution in [0.3, 0.4) is 0 Å². The fourth-order valence-electron chi connectivity index (χ4n) is 4.25. The van der Waals surface area contributed by atoms with Crippen molar-refractivity contribution in [2.24, 2.45) is 0 Å². The van der Waals surface area contributed by atoms with Crippen LogP contribution in [0.2, 0.25) is 0 Å². The van der Waals surface area contributed by atoms with E-state index in [1.54, 1.807) is 11.3 Å². The summed E-state index contributed by atoms with van der Waals surface area (Å²) in [5.41, 5.74) is 1.22. The molecule has 0 aromatic carbocycles. The van der Waals surface area contributed by atoms with Gasteiger partial charge in [-0.25, -0.2) is 9.78 Å². The van der Waals surface area contributed by atoms with Crippen molar-refractivity contribution in [2.45, 2.75) is 63.5 Å². The maximum atomic E-state index is 12.6. The Morgan fingerprint density at radius 3 is 2.91 bits per heavy atom. The molecule has 0 saturated carbocycles. The van der Waals surface area contributed by atoms with E-state index < -0.39 is 0 Å². The number of amides is 2. The highest BCUT2D eigenvalue weighted by Gasteiger charge is 2.36. The lowest BCUT2D eigenvalue weighted by molar-refractivity contribution is 0.200.